The Morgan fingerprint density at radius 3 is 1.50 bits per heavy atom. The second kappa shape index (κ2) is 7.75. The van der Waals surface area contributed by atoms with Crippen LogP contribution in [0.3, 0.4) is 0 Å². The maximum atomic E-state index is 3.78. The third-order valence-corrected chi connectivity index (χ3v) is 0.766. The number of pyridine rings is 1. The van der Waals surface area contributed by atoms with E-state index in [9.17, 15) is 0 Å². The molecular weight excluding hydrogens is 126 g/mol. The highest BCUT2D eigenvalue weighted by atomic mass is 15.0. The van der Waals surface area contributed by atoms with Gasteiger partial charge in [-0.3, -0.25) is 4.98 Å². The van der Waals surface area contributed by atoms with E-state index in [4.69, 9.17) is 0 Å². The summed E-state index contributed by atoms with van der Waals surface area (Å²) < 4.78 is 0. The zero-order chi connectivity index (χ0) is 7.66. The van der Waals surface area contributed by atoms with Crippen molar-refractivity contribution in [2.24, 2.45) is 10.2 Å². The lowest BCUT2D eigenvalue weighted by molar-refractivity contribution is 1.11. The summed E-state index contributed by atoms with van der Waals surface area (Å²) in [6.45, 7) is 0. The summed E-state index contributed by atoms with van der Waals surface area (Å²) in [7, 11) is 3.28. The zero-order valence-electron chi connectivity index (χ0n) is 6.23. The standard InChI is InChI=1S/C5H5N.C2H6N2/c1-2-4-6-5-3-1;1-3-4-2/h1-5H;1-2H3. The summed E-state index contributed by atoms with van der Waals surface area (Å²) in [5, 5.41) is 6.72. The molecule has 3 heteroatoms. The molecule has 0 saturated carbocycles. The predicted molar refractivity (Wildman–Crippen MR) is 40.9 cm³/mol. The largest absolute Gasteiger partial charge is 0.265 e. The van der Waals surface area contributed by atoms with Gasteiger partial charge < -0.3 is 0 Å². The number of hydrogen-bond acceptors (Lipinski definition) is 3. The van der Waals surface area contributed by atoms with Crippen molar-refractivity contribution in [3.8, 4) is 0 Å². The third-order valence-electron chi connectivity index (χ3n) is 0.766. The number of nitrogens with zero attached hydrogens (tertiary/aromatic N) is 3. The Kier molecular flexibility index (Phi) is 6.78. The minimum absolute atomic E-state index is 1.64. The minimum Gasteiger partial charge on any atom is -0.265 e. The van der Waals surface area contributed by atoms with Crippen LogP contribution in [0, 0.1) is 0 Å². The molecule has 3 nitrogen and oxygen atoms in total. The Morgan fingerprint density at radius 2 is 1.40 bits per heavy atom. The number of aromatic nitrogens is 1. The molecule has 1 aromatic rings. The molecule has 0 unspecified atom stereocenters. The number of rotatable bonds is 0. The molecule has 0 aliphatic heterocycles. The fourth-order valence-electron chi connectivity index (χ4n) is 0.313. The van der Waals surface area contributed by atoms with E-state index in [-0.39, 0.29) is 0 Å². The lowest BCUT2D eigenvalue weighted by Crippen LogP contribution is -1.58. The molecule has 10 heavy (non-hydrogen) atoms. The molecule has 0 aromatic carbocycles. The van der Waals surface area contributed by atoms with Crippen molar-refractivity contribution >= 4 is 0 Å². The van der Waals surface area contributed by atoms with Crippen LogP contribution in [0.1, 0.15) is 0 Å². The van der Waals surface area contributed by atoms with Crippen molar-refractivity contribution in [3.63, 3.8) is 0 Å². The van der Waals surface area contributed by atoms with Gasteiger partial charge in [-0.15, -0.1) is 0 Å². The lowest BCUT2D eigenvalue weighted by atomic mass is 10.5. The van der Waals surface area contributed by atoms with Crippen molar-refractivity contribution in [1.82, 2.24) is 4.98 Å². The van der Waals surface area contributed by atoms with Gasteiger partial charge in [0.1, 0.15) is 0 Å². The fourth-order valence-corrected chi connectivity index (χ4v) is 0.313. The maximum Gasteiger partial charge on any atom is 0.0487 e. The molecule has 0 aliphatic rings. The molecule has 0 saturated heterocycles. The molecule has 1 rings (SSSR count). The van der Waals surface area contributed by atoms with Gasteiger partial charge >= 0.3 is 0 Å². The van der Waals surface area contributed by atoms with Crippen LogP contribution in [0.5, 0.6) is 0 Å². The Labute approximate surface area is 60.8 Å². The van der Waals surface area contributed by atoms with E-state index in [2.05, 4.69) is 15.2 Å². The average molecular weight is 137 g/mol. The highest BCUT2D eigenvalue weighted by Gasteiger charge is 1.58. The van der Waals surface area contributed by atoms with E-state index in [1.54, 1.807) is 26.5 Å². The van der Waals surface area contributed by atoms with E-state index >= 15 is 0 Å². The highest BCUT2D eigenvalue weighted by molar-refractivity contribution is 4.88. The van der Waals surface area contributed by atoms with Gasteiger partial charge in [0.2, 0.25) is 0 Å². The summed E-state index contributed by atoms with van der Waals surface area (Å²) >= 11 is 0. The van der Waals surface area contributed by atoms with Crippen molar-refractivity contribution in [2.75, 3.05) is 14.1 Å². The van der Waals surface area contributed by atoms with Crippen molar-refractivity contribution in [3.05, 3.63) is 30.6 Å². The van der Waals surface area contributed by atoms with Gasteiger partial charge in [0.25, 0.3) is 0 Å². The first-order valence-corrected chi connectivity index (χ1v) is 2.94. The molecule has 1 heterocycles. The molecule has 0 bridgehead atoms. The number of azo groups is 1. The van der Waals surface area contributed by atoms with Crippen LogP contribution in [-0.4, -0.2) is 19.1 Å². The molecule has 1 aromatic heterocycles. The van der Waals surface area contributed by atoms with Gasteiger partial charge in [0.15, 0.2) is 0 Å². The van der Waals surface area contributed by atoms with E-state index in [0.29, 0.717) is 0 Å². The second-order valence-corrected chi connectivity index (χ2v) is 1.42. The second-order valence-electron chi connectivity index (χ2n) is 1.42. The lowest BCUT2D eigenvalue weighted by Gasteiger charge is -1.70. The first kappa shape index (κ1) is 8.75. The molecular formula is C7H11N3. The SMILES string of the molecule is CN=NC.c1ccncc1. The molecule has 0 fully saturated rings. The molecule has 0 N–H and O–H groups in total. The summed E-state index contributed by atoms with van der Waals surface area (Å²) in [5.74, 6) is 0. The molecule has 0 amide bonds. The molecule has 0 radical (unpaired) electrons. The van der Waals surface area contributed by atoms with Gasteiger partial charge in [-0.2, -0.15) is 10.2 Å². The minimum atomic E-state index is 1.64. The topological polar surface area (TPSA) is 37.6 Å². The third kappa shape index (κ3) is 6.75. The monoisotopic (exact) mass is 137 g/mol. The molecule has 0 spiro atoms. The average Bonchev–Trinajstić information content (AvgIpc) is 2.08. The van der Waals surface area contributed by atoms with Crippen molar-refractivity contribution in [2.45, 2.75) is 0 Å². The van der Waals surface area contributed by atoms with Crippen molar-refractivity contribution in [1.29, 1.82) is 0 Å². The summed E-state index contributed by atoms with van der Waals surface area (Å²) in [5.41, 5.74) is 0. The summed E-state index contributed by atoms with van der Waals surface area (Å²) in [4.78, 5) is 3.78. The Hall–Kier alpha value is -1.25. The van der Waals surface area contributed by atoms with Crippen LogP contribution in [0.15, 0.2) is 40.8 Å². The van der Waals surface area contributed by atoms with Crippen LogP contribution < -0.4 is 0 Å². The fraction of sp³-hybridized carbons (Fsp3) is 0.286. The zero-order valence-corrected chi connectivity index (χ0v) is 6.23. The molecule has 54 valence electrons. The van der Waals surface area contributed by atoms with Crippen LogP contribution in [0.2, 0.25) is 0 Å². The van der Waals surface area contributed by atoms with Crippen LogP contribution >= 0.6 is 0 Å². The van der Waals surface area contributed by atoms with Crippen LogP contribution in [0.4, 0.5) is 0 Å². The molecule has 0 aliphatic carbocycles. The Morgan fingerprint density at radius 1 is 0.900 bits per heavy atom. The normalized spacial score (nSPS) is 8.60. The quantitative estimate of drug-likeness (QED) is 0.502. The van der Waals surface area contributed by atoms with Crippen molar-refractivity contribution < 1.29 is 0 Å². The number of hydrogen-bond donors (Lipinski definition) is 0. The van der Waals surface area contributed by atoms with E-state index < -0.39 is 0 Å². The van der Waals surface area contributed by atoms with E-state index in [0.717, 1.165) is 0 Å². The maximum absolute atomic E-state index is 3.78. The smallest absolute Gasteiger partial charge is 0.0487 e. The summed E-state index contributed by atoms with van der Waals surface area (Å²) in [6, 6.07) is 5.72. The van der Waals surface area contributed by atoms with Gasteiger partial charge in [-0.1, -0.05) is 6.07 Å². The van der Waals surface area contributed by atoms with Gasteiger partial charge in [-0.25, -0.2) is 0 Å². The van der Waals surface area contributed by atoms with Gasteiger partial charge in [0.05, 0.1) is 0 Å². The van der Waals surface area contributed by atoms with E-state index in [1.165, 1.54) is 0 Å². The first-order chi connectivity index (χ1) is 4.91. The van der Waals surface area contributed by atoms with Crippen LogP contribution in [0.25, 0.3) is 0 Å². The Bertz CT molecular complexity index is 129. The highest BCUT2D eigenvalue weighted by Crippen LogP contribution is 1.73. The van der Waals surface area contributed by atoms with E-state index in [1.807, 2.05) is 18.2 Å². The predicted octanol–water partition coefficient (Wildman–Crippen LogP) is 1.78. The van der Waals surface area contributed by atoms with Gasteiger partial charge in [0, 0.05) is 26.5 Å². The summed E-state index contributed by atoms with van der Waals surface area (Å²) in [6.07, 6.45) is 3.50. The Balaban J connectivity index is 0.000000180. The first-order valence-electron chi connectivity index (χ1n) is 2.94. The van der Waals surface area contributed by atoms with Crippen LogP contribution in [-0.2, 0) is 0 Å². The van der Waals surface area contributed by atoms with Gasteiger partial charge in [-0.05, 0) is 12.1 Å². The molecule has 0 atom stereocenters.